The van der Waals surface area contributed by atoms with Crippen LogP contribution < -0.4 is 10.1 Å². The van der Waals surface area contributed by atoms with Gasteiger partial charge in [-0.2, -0.15) is 0 Å². The summed E-state index contributed by atoms with van der Waals surface area (Å²) in [5.41, 5.74) is 1.16. The van der Waals surface area contributed by atoms with E-state index < -0.39 is 0 Å². The molecule has 0 unspecified atom stereocenters. The zero-order valence-electron chi connectivity index (χ0n) is 10.2. The lowest BCUT2D eigenvalue weighted by Gasteiger charge is -2.09. The van der Waals surface area contributed by atoms with Gasteiger partial charge in [0, 0.05) is 18.8 Å². The first-order valence-electron chi connectivity index (χ1n) is 5.56. The summed E-state index contributed by atoms with van der Waals surface area (Å²) in [5.74, 6) is 0.653. The van der Waals surface area contributed by atoms with Gasteiger partial charge in [0.15, 0.2) is 0 Å². The van der Waals surface area contributed by atoms with Gasteiger partial charge in [-0.25, -0.2) is 4.98 Å². The summed E-state index contributed by atoms with van der Waals surface area (Å²) in [4.78, 5) is 4.13. The Morgan fingerprint density at radius 3 is 2.88 bits per heavy atom. The van der Waals surface area contributed by atoms with Crippen molar-refractivity contribution in [3.63, 3.8) is 0 Å². The predicted molar refractivity (Wildman–Crippen MR) is 63.6 cm³/mol. The molecule has 1 rings (SSSR count). The zero-order valence-corrected chi connectivity index (χ0v) is 10.2. The maximum atomic E-state index is 5.48. The monoisotopic (exact) mass is 224 g/mol. The van der Waals surface area contributed by atoms with E-state index >= 15 is 0 Å². The fourth-order valence-corrected chi connectivity index (χ4v) is 1.27. The second-order valence-corrected chi connectivity index (χ2v) is 3.80. The van der Waals surface area contributed by atoms with Crippen LogP contribution in [0.2, 0.25) is 0 Å². The Labute approximate surface area is 97.0 Å². The average Bonchev–Trinajstić information content (AvgIpc) is 2.25. The van der Waals surface area contributed by atoms with Crippen LogP contribution in [-0.2, 0) is 11.3 Å². The van der Waals surface area contributed by atoms with Gasteiger partial charge in [-0.05, 0) is 32.5 Å². The van der Waals surface area contributed by atoms with Crippen molar-refractivity contribution in [2.24, 2.45) is 0 Å². The molecule has 0 aliphatic rings. The largest absolute Gasteiger partial charge is 0.475 e. The molecule has 0 aliphatic carbocycles. The molecule has 0 aliphatic heterocycles. The van der Waals surface area contributed by atoms with Gasteiger partial charge in [-0.3, -0.25) is 0 Å². The molecule has 0 radical (unpaired) electrons. The molecule has 16 heavy (non-hydrogen) atoms. The number of rotatable bonds is 7. The summed E-state index contributed by atoms with van der Waals surface area (Å²) in [6, 6.07) is 3.90. The van der Waals surface area contributed by atoms with Crippen LogP contribution in [0.4, 0.5) is 0 Å². The Kier molecular flexibility index (Phi) is 5.82. The minimum Gasteiger partial charge on any atom is -0.475 e. The molecule has 1 aromatic heterocycles. The lowest BCUT2D eigenvalue weighted by atomic mass is 10.3. The van der Waals surface area contributed by atoms with Crippen LogP contribution in [0, 0.1) is 0 Å². The molecule has 0 spiro atoms. The van der Waals surface area contributed by atoms with E-state index in [0.717, 1.165) is 12.1 Å². The maximum Gasteiger partial charge on any atom is 0.213 e. The fraction of sp³-hybridized carbons (Fsp3) is 0.583. The summed E-state index contributed by atoms with van der Waals surface area (Å²) in [6.45, 7) is 5.96. The number of aromatic nitrogens is 1. The summed E-state index contributed by atoms with van der Waals surface area (Å²) >= 11 is 0. The molecule has 0 fully saturated rings. The molecule has 90 valence electrons. The van der Waals surface area contributed by atoms with E-state index in [1.807, 2.05) is 33.0 Å². The summed E-state index contributed by atoms with van der Waals surface area (Å²) in [7, 11) is 1.91. The minimum absolute atomic E-state index is 0.243. The second kappa shape index (κ2) is 7.19. The van der Waals surface area contributed by atoms with Crippen LogP contribution in [0.15, 0.2) is 18.3 Å². The number of pyridine rings is 1. The summed E-state index contributed by atoms with van der Waals surface area (Å²) in [6.07, 6.45) is 2.00. The maximum absolute atomic E-state index is 5.48. The Morgan fingerprint density at radius 1 is 1.38 bits per heavy atom. The molecule has 0 aromatic carbocycles. The minimum atomic E-state index is 0.243. The van der Waals surface area contributed by atoms with Gasteiger partial charge in [0.05, 0.1) is 12.7 Å². The molecule has 0 bridgehead atoms. The van der Waals surface area contributed by atoms with Gasteiger partial charge >= 0.3 is 0 Å². The molecular weight excluding hydrogens is 204 g/mol. The molecule has 1 N–H and O–H groups in total. The highest BCUT2D eigenvalue weighted by molar-refractivity contribution is 5.20. The molecule has 0 amide bonds. The lowest BCUT2D eigenvalue weighted by molar-refractivity contribution is 0.0542. The predicted octanol–water partition coefficient (Wildman–Crippen LogP) is 1.60. The first kappa shape index (κ1) is 12.9. The molecule has 4 nitrogen and oxygen atoms in total. The smallest absolute Gasteiger partial charge is 0.213 e. The Bertz CT molecular complexity index is 303. The molecule has 4 heteroatoms. The Morgan fingerprint density at radius 2 is 2.19 bits per heavy atom. The first-order chi connectivity index (χ1) is 7.72. The SMILES string of the molecule is CNCc1ccnc(OCCOC(C)C)c1. The van der Waals surface area contributed by atoms with Crippen LogP contribution in [0.1, 0.15) is 19.4 Å². The van der Waals surface area contributed by atoms with Crippen molar-refractivity contribution in [3.05, 3.63) is 23.9 Å². The van der Waals surface area contributed by atoms with Gasteiger partial charge in [0.25, 0.3) is 0 Å². The molecule has 0 saturated heterocycles. The molecule has 1 aromatic rings. The van der Waals surface area contributed by atoms with E-state index in [9.17, 15) is 0 Å². The van der Waals surface area contributed by atoms with Gasteiger partial charge in [-0.1, -0.05) is 0 Å². The summed E-state index contributed by atoms with van der Waals surface area (Å²) < 4.78 is 10.9. The third-order valence-electron chi connectivity index (χ3n) is 1.96. The van der Waals surface area contributed by atoms with Crippen molar-refractivity contribution in [2.45, 2.75) is 26.5 Å². The van der Waals surface area contributed by atoms with Crippen molar-refractivity contribution in [2.75, 3.05) is 20.3 Å². The highest BCUT2D eigenvalue weighted by Gasteiger charge is 1.98. The van der Waals surface area contributed by atoms with Crippen molar-refractivity contribution in [1.82, 2.24) is 10.3 Å². The van der Waals surface area contributed by atoms with Crippen LogP contribution in [0.5, 0.6) is 5.88 Å². The van der Waals surface area contributed by atoms with Gasteiger partial charge in [0.2, 0.25) is 5.88 Å². The number of ether oxygens (including phenoxy) is 2. The fourth-order valence-electron chi connectivity index (χ4n) is 1.27. The number of hydrogen-bond acceptors (Lipinski definition) is 4. The highest BCUT2D eigenvalue weighted by atomic mass is 16.5. The van der Waals surface area contributed by atoms with Gasteiger partial charge in [-0.15, -0.1) is 0 Å². The Hall–Kier alpha value is -1.13. The molecule has 0 atom stereocenters. The Balaban J connectivity index is 2.33. The van der Waals surface area contributed by atoms with E-state index in [4.69, 9.17) is 9.47 Å². The van der Waals surface area contributed by atoms with E-state index in [1.54, 1.807) is 6.20 Å². The van der Waals surface area contributed by atoms with Crippen LogP contribution in [0.3, 0.4) is 0 Å². The molecular formula is C12H20N2O2. The van der Waals surface area contributed by atoms with Crippen LogP contribution in [0.25, 0.3) is 0 Å². The standard InChI is InChI=1S/C12H20N2O2/c1-10(2)15-6-7-16-12-8-11(9-13-3)4-5-14-12/h4-5,8,10,13H,6-7,9H2,1-3H3. The third kappa shape index (κ3) is 5.09. The van der Waals surface area contributed by atoms with E-state index in [2.05, 4.69) is 10.3 Å². The first-order valence-corrected chi connectivity index (χ1v) is 5.56. The van der Waals surface area contributed by atoms with Crippen molar-refractivity contribution in [3.8, 4) is 5.88 Å². The van der Waals surface area contributed by atoms with E-state index in [1.165, 1.54) is 0 Å². The van der Waals surface area contributed by atoms with Crippen LogP contribution in [-0.4, -0.2) is 31.3 Å². The topological polar surface area (TPSA) is 43.4 Å². The number of nitrogens with zero attached hydrogens (tertiary/aromatic N) is 1. The van der Waals surface area contributed by atoms with Crippen molar-refractivity contribution >= 4 is 0 Å². The normalized spacial score (nSPS) is 10.8. The number of hydrogen-bond donors (Lipinski definition) is 1. The van der Waals surface area contributed by atoms with Gasteiger partial charge in [0.1, 0.15) is 6.61 Å². The third-order valence-corrected chi connectivity index (χ3v) is 1.96. The van der Waals surface area contributed by atoms with Crippen molar-refractivity contribution < 1.29 is 9.47 Å². The second-order valence-electron chi connectivity index (χ2n) is 3.80. The zero-order chi connectivity index (χ0) is 11.8. The molecule has 0 saturated carbocycles. The number of nitrogens with one attached hydrogen (secondary N) is 1. The average molecular weight is 224 g/mol. The van der Waals surface area contributed by atoms with Gasteiger partial charge < -0.3 is 14.8 Å². The summed E-state index contributed by atoms with van der Waals surface area (Å²) in [5, 5.41) is 3.09. The quantitative estimate of drug-likeness (QED) is 0.714. The lowest BCUT2D eigenvalue weighted by Crippen LogP contribution is -2.12. The van der Waals surface area contributed by atoms with Crippen molar-refractivity contribution in [1.29, 1.82) is 0 Å². The van der Waals surface area contributed by atoms with Crippen LogP contribution >= 0.6 is 0 Å². The van der Waals surface area contributed by atoms with E-state index in [-0.39, 0.29) is 6.10 Å². The van der Waals surface area contributed by atoms with E-state index in [0.29, 0.717) is 19.1 Å². The molecule has 1 heterocycles. The highest BCUT2D eigenvalue weighted by Crippen LogP contribution is 2.08.